The highest BCUT2D eigenvalue weighted by Gasteiger charge is 2.35. The molecule has 4 atom stereocenters. The van der Waals surface area contributed by atoms with Crippen LogP contribution >= 0.6 is 0 Å². The summed E-state index contributed by atoms with van der Waals surface area (Å²) in [5, 5.41) is 3.62. The Labute approximate surface area is 74.7 Å². The third-order valence-corrected chi connectivity index (χ3v) is 3.11. The van der Waals surface area contributed by atoms with E-state index in [0.717, 1.165) is 18.6 Å². The average Bonchev–Trinajstić information content (AvgIpc) is 2.58. The number of rotatable bonds is 3. The molecule has 1 N–H and O–H groups in total. The quantitative estimate of drug-likeness (QED) is 0.692. The fourth-order valence-electron chi connectivity index (χ4n) is 2.00. The highest BCUT2D eigenvalue weighted by atomic mass is 16.5. The third kappa shape index (κ3) is 1.80. The zero-order valence-electron chi connectivity index (χ0n) is 8.05. The van der Waals surface area contributed by atoms with E-state index in [1.165, 1.54) is 19.3 Å². The van der Waals surface area contributed by atoms with E-state index in [4.69, 9.17) is 4.74 Å². The number of ether oxygens (including phenoxy) is 1. The highest BCUT2D eigenvalue weighted by Crippen LogP contribution is 2.30. The molecule has 12 heavy (non-hydrogen) atoms. The lowest BCUT2D eigenvalue weighted by Crippen LogP contribution is -2.38. The Hall–Kier alpha value is -0.0800. The van der Waals surface area contributed by atoms with Crippen LogP contribution in [-0.4, -0.2) is 24.8 Å². The summed E-state index contributed by atoms with van der Waals surface area (Å²) < 4.78 is 5.62. The van der Waals surface area contributed by atoms with Gasteiger partial charge in [-0.15, -0.1) is 0 Å². The maximum Gasteiger partial charge on any atom is 0.0726 e. The van der Waals surface area contributed by atoms with Gasteiger partial charge in [0.05, 0.1) is 6.10 Å². The summed E-state index contributed by atoms with van der Waals surface area (Å²) in [4.78, 5) is 0. The van der Waals surface area contributed by atoms with Crippen LogP contribution in [0, 0.1) is 5.92 Å². The second kappa shape index (κ2) is 3.35. The first-order valence-corrected chi connectivity index (χ1v) is 5.15. The molecule has 2 fully saturated rings. The molecule has 0 spiro atoms. The molecule has 0 aromatic carbocycles. The molecule has 2 heteroatoms. The number of hydrogen-bond acceptors (Lipinski definition) is 2. The van der Waals surface area contributed by atoms with Gasteiger partial charge in [-0.2, -0.15) is 0 Å². The molecule has 0 bridgehead atoms. The molecule has 70 valence electrons. The Morgan fingerprint density at radius 1 is 1.50 bits per heavy atom. The summed E-state index contributed by atoms with van der Waals surface area (Å²) in [6.07, 6.45) is 4.33. The molecule has 0 amide bonds. The van der Waals surface area contributed by atoms with Gasteiger partial charge >= 0.3 is 0 Å². The minimum atomic E-state index is 0.484. The van der Waals surface area contributed by atoms with Gasteiger partial charge in [-0.3, -0.25) is 0 Å². The molecule has 2 nitrogen and oxygen atoms in total. The average molecular weight is 169 g/mol. The summed E-state index contributed by atoms with van der Waals surface area (Å²) in [6.45, 7) is 5.53. The highest BCUT2D eigenvalue weighted by molar-refractivity contribution is 4.93. The fraction of sp³-hybridized carbons (Fsp3) is 1.00. The molecule has 2 rings (SSSR count). The maximum absolute atomic E-state index is 5.62. The normalized spacial score (nSPS) is 43.0. The van der Waals surface area contributed by atoms with E-state index in [2.05, 4.69) is 19.2 Å². The fourth-order valence-corrected chi connectivity index (χ4v) is 2.00. The Kier molecular flexibility index (Phi) is 2.37. The van der Waals surface area contributed by atoms with Gasteiger partial charge in [0.2, 0.25) is 0 Å². The van der Waals surface area contributed by atoms with Crippen molar-refractivity contribution in [2.45, 2.75) is 51.3 Å². The summed E-state index contributed by atoms with van der Waals surface area (Å²) in [6, 6.07) is 1.34. The maximum atomic E-state index is 5.62. The van der Waals surface area contributed by atoms with Crippen LogP contribution in [0.3, 0.4) is 0 Å². The SMILES string of the molecule is CC(N[C@@H]1C[C@H]1C)C1CCCO1. The lowest BCUT2D eigenvalue weighted by molar-refractivity contribution is 0.0827. The van der Waals surface area contributed by atoms with E-state index >= 15 is 0 Å². The Bertz CT molecular complexity index is 154. The molecule has 1 aliphatic carbocycles. The van der Waals surface area contributed by atoms with Gasteiger partial charge < -0.3 is 10.1 Å². The van der Waals surface area contributed by atoms with Crippen LogP contribution in [-0.2, 0) is 4.74 Å². The van der Waals surface area contributed by atoms with E-state index in [-0.39, 0.29) is 0 Å². The zero-order valence-corrected chi connectivity index (χ0v) is 8.05. The molecular formula is C10H19NO. The van der Waals surface area contributed by atoms with Gasteiger partial charge in [0.15, 0.2) is 0 Å². The van der Waals surface area contributed by atoms with Crippen molar-refractivity contribution in [3.05, 3.63) is 0 Å². The van der Waals surface area contributed by atoms with Crippen molar-refractivity contribution in [3.63, 3.8) is 0 Å². The van der Waals surface area contributed by atoms with Gasteiger partial charge in [0.25, 0.3) is 0 Å². The van der Waals surface area contributed by atoms with E-state index in [1.54, 1.807) is 0 Å². The predicted molar refractivity (Wildman–Crippen MR) is 49.1 cm³/mol. The van der Waals surface area contributed by atoms with Crippen molar-refractivity contribution in [2.24, 2.45) is 5.92 Å². The van der Waals surface area contributed by atoms with Crippen LogP contribution in [0.15, 0.2) is 0 Å². The van der Waals surface area contributed by atoms with Crippen molar-refractivity contribution in [1.82, 2.24) is 5.32 Å². The number of nitrogens with one attached hydrogen (secondary N) is 1. The second-order valence-corrected chi connectivity index (χ2v) is 4.33. The molecule has 1 heterocycles. The molecule has 1 saturated carbocycles. The van der Waals surface area contributed by atoms with Crippen molar-refractivity contribution in [1.29, 1.82) is 0 Å². The number of hydrogen-bond donors (Lipinski definition) is 1. The molecule has 2 unspecified atom stereocenters. The molecule has 2 aliphatic rings. The third-order valence-electron chi connectivity index (χ3n) is 3.11. The lowest BCUT2D eigenvalue weighted by Gasteiger charge is -2.19. The monoisotopic (exact) mass is 169 g/mol. The molecule has 0 radical (unpaired) electrons. The molecule has 0 aromatic heterocycles. The summed E-state index contributed by atoms with van der Waals surface area (Å²) in [7, 11) is 0. The van der Waals surface area contributed by atoms with Gasteiger partial charge in [0, 0.05) is 18.7 Å². The van der Waals surface area contributed by atoms with E-state index in [0.29, 0.717) is 12.1 Å². The molecule has 0 aromatic rings. The van der Waals surface area contributed by atoms with E-state index in [9.17, 15) is 0 Å². The van der Waals surface area contributed by atoms with Crippen LogP contribution in [0.4, 0.5) is 0 Å². The van der Waals surface area contributed by atoms with E-state index in [1.807, 2.05) is 0 Å². The summed E-state index contributed by atoms with van der Waals surface area (Å²) in [5.41, 5.74) is 0. The molecule has 1 saturated heterocycles. The summed E-state index contributed by atoms with van der Waals surface area (Å²) in [5.74, 6) is 0.897. The second-order valence-electron chi connectivity index (χ2n) is 4.33. The van der Waals surface area contributed by atoms with Gasteiger partial charge in [-0.05, 0) is 32.1 Å². The van der Waals surface area contributed by atoms with Crippen LogP contribution in [0.25, 0.3) is 0 Å². The minimum absolute atomic E-state index is 0.484. The Morgan fingerprint density at radius 3 is 2.75 bits per heavy atom. The van der Waals surface area contributed by atoms with Crippen molar-refractivity contribution in [3.8, 4) is 0 Å². The smallest absolute Gasteiger partial charge is 0.0726 e. The van der Waals surface area contributed by atoms with Crippen molar-refractivity contribution < 1.29 is 4.74 Å². The zero-order chi connectivity index (χ0) is 8.55. The van der Waals surface area contributed by atoms with Gasteiger partial charge in [-0.25, -0.2) is 0 Å². The lowest BCUT2D eigenvalue weighted by atomic mass is 10.1. The largest absolute Gasteiger partial charge is 0.377 e. The van der Waals surface area contributed by atoms with Gasteiger partial charge in [0.1, 0.15) is 0 Å². The first-order valence-electron chi connectivity index (χ1n) is 5.15. The molecule has 1 aliphatic heterocycles. The first kappa shape index (κ1) is 8.52. The predicted octanol–water partition coefficient (Wildman–Crippen LogP) is 1.55. The first-order chi connectivity index (χ1) is 5.77. The van der Waals surface area contributed by atoms with Crippen LogP contribution < -0.4 is 5.32 Å². The van der Waals surface area contributed by atoms with Crippen LogP contribution in [0.1, 0.15) is 33.1 Å². The summed E-state index contributed by atoms with van der Waals surface area (Å²) >= 11 is 0. The van der Waals surface area contributed by atoms with E-state index < -0.39 is 0 Å². The van der Waals surface area contributed by atoms with Crippen molar-refractivity contribution in [2.75, 3.05) is 6.61 Å². The minimum Gasteiger partial charge on any atom is -0.377 e. The van der Waals surface area contributed by atoms with Gasteiger partial charge in [-0.1, -0.05) is 6.92 Å². The molecular weight excluding hydrogens is 150 g/mol. The van der Waals surface area contributed by atoms with Crippen molar-refractivity contribution >= 4 is 0 Å². The van der Waals surface area contributed by atoms with Crippen LogP contribution in [0.5, 0.6) is 0 Å². The van der Waals surface area contributed by atoms with Crippen LogP contribution in [0.2, 0.25) is 0 Å². The Morgan fingerprint density at radius 2 is 2.25 bits per heavy atom. The standard InChI is InChI=1S/C10H19NO/c1-7-6-9(7)11-8(2)10-4-3-5-12-10/h7-11H,3-6H2,1-2H3/t7-,8?,9-,10?/m1/s1. The topological polar surface area (TPSA) is 21.3 Å². The Balaban J connectivity index is 1.72.